The van der Waals surface area contributed by atoms with E-state index in [0.29, 0.717) is 15.8 Å². The van der Waals surface area contributed by atoms with Crippen molar-refractivity contribution >= 4 is 28.8 Å². The van der Waals surface area contributed by atoms with Gasteiger partial charge in [-0.15, -0.1) is 11.3 Å². The van der Waals surface area contributed by atoms with Gasteiger partial charge >= 0.3 is 0 Å². The maximum Gasteiger partial charge on any atom is 0.261 e. The summed E-state index contributed by atoms with van der Waals surface area (Å²) in [7, 11) is 1.58. The summed E-state index contributed by atoms with van der Waals surface area (Å²) in [5.41, 5.74) is 6.22. The predicted octanol–water partition coefficient (Wildman–Crippen LogP) is 1.22. The van der Waals surface area contributed by atoms with Crippen molar-refractivity contribution in [3.05, 3.63) is 20.8 Å². The maximum atomic E-state index is 11.1. The Balaban J connectivity index is 2.96. The second-order valence-corrected chi connectivity index (χ2v) is 3.85. The van der Waals surface area contributed by atoms with Crippen molar-refractivity contribution in [1.82, 2.24) is 5.32 Å². The zero-order chi connectivity index (χ0) is 9.14. The van der Waals surface area contributed by atoms with E-state index in [9.17, 15) is 4.79 Å². The lowest BCUT2D eigenvalue weighted by Crippen LogP contribution is -2.16. The lowest BCUT2D eigenvalue weighted by molar-refractivity contribution is 0.0967. The number of hydrogen-bond donors (Lipinski definition) is 2. The number of thiophene rings is 1. The van der Waals surface area contributed by atoms with Gasteiger partial charge in [-0.2, -0.15) is 0 Å². The number of carbonyl (C=O) groups excluding carboxylic acids is 1. The molecular formula is C7H9ClN2OS. The van der Waals surface area contributed by atoms with Crippen LogP contribution in [0.1, 0.15) is 15.2 Å². The highest BCUT2D eigenvalue weighted by Gasteiger charge is 2.10. The lowest BCUT2D eigenvalue weighted by Gasteiger charge is -1.91. The molecule has 0 aliphatic heterocycles. The Morgan fingerprint density at radius 2 is 2.50 bits per heavy atom. The standard InChI is InChI=1S/C7H9ClN2OS/c1-10-7(11)5-2-4(3-9)6(8)12-5/h2H,3,9H2,1H3,(H,10,11). The Bertz CT molecular complexity index is 298. The first kappa shape index (κ1) is 9.51. The minimum absolute atomic E-state index is 0.124. The van der Waals surface area contributed by atoms with Crippen molar-refractivity contribution in [3.63, 3.8) is 0 Å². The van der Waals surface area contributed by atoms with Gasteiger partial charge in [0, 0.05) is 13.6 Å². The van der Waals surface area contributed by atoms with E-state index in [1.54, 1.807) is 13.1 Å². The number of rotatable bonds is 2. The Kier molecular flexibility index (Phi) is 3.08. The summed E-state index contributed by atoms with van der Waals surface area (Å²) < 4.78 is 0.594. The highest BCUT2D eigenvalue weighted by molar-refractivity contribution is 7.18. The molecule has 1 rings (SSSR count). The molecule has 3 N–H and O–H groups in total. The second kappa shape index (κ2) is 3.89. The van der Waals surface area contributed by atoms with E-state index in [4.69, 9.17) is 17.3 Å². The van der Waals surface area contributed by atoms with E-state index >= 15 is 0 Å². The molecule has 66 valence electrons. The van der Waals surface area contributed by atoms with Crippen molar-refractivity contribution in [1.29, 1.82) is 0 Å². The fourth-order valence-electron chi connectivity index (χ4n) is 0.781. The van der Waals surface area contributed by atoms with Gasteiger partial charge in [-0.05, 0) is 11.6 Å². The van der Waals surface area contributed by atoms with Gasteiger partial charge in [0.25, 0.3) is 5.91 Å². The summed E-state index contributed by atoms with van der Waals surface area (Å²) in [6, 6.07) is 1.71. The summed E-state index contributed by atoms with van der Waals surface area (Å²) in [6.45, 7) is 0.367. The molecule has 0 radical (unpaired) electrons. The topological polar surface area (TPSA) is 55.1 Å². The first-order valence-electron chi connectivity index (χ1n) is 3.39. The largest absolute Gasteiger partial charge is 0.354 e. The smallest absolute Gasteiger partial charge is 0.261 e. The Morgan fingerprint density at radius 1 is 1.83 bits per heavy atom. The normalized spacial score (nSPS) is 9.92. The molecule has 3 nitrogen and oxygen atoms in total. The molecule has 0 bridgehead atoms. The zero-order valence-electron chi connectivity index (χ0n) is 6.56. The number of nitrogens with one attached hydrogen (secondary N) is 1. The number of nitrogens with two attached hydrogens (primary N) is 1. The van der Waals surface area contributed by atoms with Crippen molar-refractivity contribution in [2.45, 2.75) is 6.54 Å². The van der Waals surface area contributed by atoms with E-state index < -0.39 is 0 Å². The summed E-state index contributed by atoms with van der Waals surface area (Å²) in [4.78, 5) is 11.7. The van der Waals surface area contributed by atoms with Gasteiger partial charge in [-0.25, -0.2) is 0 Å². The fourth-order valence-corrected chi connectivity index (χ4v) is 2.02. The van der Waals surface area contributed by atoms with E-state index in [2.05, 4.69) is 5.32 Å². The minimum atomic E-state index is -0.124. The highest BCUT2D eigenvalue weighted by atomic mass is 35.5. The number of halogens is 1. The van der Waals surface area contributed by atoms with Gasteiger partial charge in [0.05, 0.1) is 9.21 Å². The van der Waals surface area contributed by atoms with Crippen LogP contribution < -0.4 is 11.1 Å². The fraction of sp³-hybridized carbons (Fsp3) is 0.286. The van der Waals surface area contributed by atoms with Crippen molar-refractivity contribution in [3.8, 4) is 0 Å². The number of hydrogen-bond acceptors (Lipinski definition) is 3. The third-order valence-corrected chi connectivity index (χ3v) is 2.87. The van der Waals surface area contributed by atoms with Crippen molar-refractivity contribution < 1.29 is 4.79 Å². The highest BCUT2D eigenvalue weighted by Crippen LogP contribution is 2.26. The molecule has 0 fully saturated rings. The van der Waals surface area contributed by atoms with E-state index in [0.717, 1.165) is 5.56 Å². The number of carbonyl (C=O) groups is 1. The van der Waals surface area contributed by atoms with Gasteiger partial charge in [0.15, 0.2) is 0 Å². The Morgan fingerprint density at radius 3 is 2.92 bits per heavy atom. The first-order valence-corrected chi connectivity index (χ1v) is 4.58. The molecule has 0 spiro atoms. The van der Waals surface area contributed by atoms with Crippen LogP contribution in [0.15, 0.2) is 6.07 Å². The summed E-state index contributed by atoms with van der Waals surface area (Å²) in [6.07, 6.45) is 0. The summed E-state index contributed by atoms with van der Waals surface area (Å²) >= 11 is 7.05. The molecule has 0 saturated carbocycles. The quantitative estimate of drug-likeness (QED) is 0.761. The van der Waals surface area contributed by atoms with Crippen molar-refractivity contribution in [2.24, 2.45) is 5.73 Å². The van der Waals surface area contributed by atoms with Gasteiger partial charge in [0.2, 0.25) is 0 Å². The summed E-state index contributed by atoms with van der Waals surface area (Å²) in [5, 5.41) is 2.52. The second-order valence-electron chi connectivity index (χ2n) is 2.19. The SMILES string of the molecule is CNC(=O)c1cc(CN)c(Cl)s1. The molecule has 0 aliphatic carbocycles. The van der Waals surface area contributed by atoms with E-state index in [1.807, 2.05) is 0 Å². The molecule has 1 aromatic heterocycles. The van der Waals surface area contributed by atoms with E-state index in [1.165, 1.54) is 11.3 Å². The minimum Gasteiger partial charge on any atom is -0.354 e. The van der Waals surface area contributed by atoms with Crippen LogP contribution in [0.2, 0.25) is 4.34 Å². The molecule has 1 aromatic rings. The molecular weight excluding hydrogens is 196 g/mol. The van der Waals surface area contributed by atoms with Crippen LogP contribution >= 0.6 is 22.9 Å². The van der Waals surface area contributed by atoms with Gasteiger partial charge in [-0.3, -0.25) is 4.79 Å². The van der Waals surface area contributed by atoms with Crippen LogP contribution in [-0.2, 0) is 6.54 Å². The molecule has 1 heterocycles. The molecule has 0 atom stereocenters. The van der Waals surface area contributed by atoms with Crippen LogP contribution in [0.4, 0.5) is 0 Å². The third kappa shape index (κ3) is 1.77. The first-order chi connectivity index (χ1) is 5.69. The average molecular weight is 205 g/mol. The van der Waals surface area contributed by atoms with Crippen LogP contribution in [0.3, 0.4) is 0 Å². The average Bonchev–Trinajstić information content (AvgIpc) is 2.45. The van der Waals surface area contributed by atoms with Crippen LogP contribution in [-0.4, -0.2) is 13.0 Å². The number of amides is 1. The Labute approximate surface area is 79.5 Å². The maximum absolute atomic E-state index is 11.1. The van der Waals surface area contributed by atoms with Gasteiger partial charge < -0.3 is 11.1 Å². The molecule has 5 heteroatoms. The molecule has 0 aliphatic rings. The molecule has 0 saturated heterocycles. The van der Waals surface area contributed by atoms with Crippen LogP contribution in [0.25, 0.3) is 0 Å². The summed E-state index contributed by atoms with van der Waals surface area (Å²) in [5.74, 6) is -0.124. The molecule has 0 unspecified atom stereocenters. The lowest BCUT2D eigenvalue weighted by atomic mass is 10.3. The van der Waals surface area contributed by atoms with E-state index in [-0.39, 0.29) is 5.91 Å². The van der Waals surface area contributed by atoms with Crippen LogP contribution in [0.5, 0.6) is 0 Å². The Hall–Kier alpha value is -0.580. The van der Waals surface area contributed by atoms with Crippen LogP contribution in [0, 0.1) is 0 Å². The third-order valence-electron chi connectivity index (χ3n) is 1.43. The molecule has 12 heavy (non-hydrogen) atoms. The zero-order valence-corrected chi connectivity index (χ0v) is 8.13. The molecule has 1 amide bonds. The van der Waals surface area contributed by atoms with Gasteiger partial charge in [0.1, 0.15) is 0 Å². The van der Waals surface area contributed by atoms with Gasteiger partial charge in [-0.1, -0.05) is 11.6 Å². The van der Waals surface area contributed by atoms with Crippen molar-refractivity contribution in [2.75, 3.05) is 7.05 Å². The monoisotopic (exact) mass is 204 g/mol. The predicted molar refractivity (Wildman–Crippen MR) is 50.6 cm³/mol. The molecule has 0 aromatic carbocycles.